The maximum Gasteiger partial charge on any atom is 0.270 e. The first-order valence-electron chi connectivity index (χ1n) is 10.4. The quantitative estimate of drug-likeness (QED) is 0.340. The van der Waals surface area contributed by atoms with E-state index in [4.69, 9.17) is 0 Å². The first kappa shape index (κ1) is 25.9. The number of hydrogen-bond donors (Lipinski definition) is 3. The SMILES string of the molecule is CSCCC(NC(=O)c1cccc([N+](=O)[O-])c1)C(=O)Nc1ccc(CC(=O)NC(C)C)cc1. The minimum atomic E-state index is -0.819. The summed E-state index contributed by atoms with van der Waals surface area (Å²) in [6, 6.07) is 11.5. The Morgan fingerprint density at radius 1 is 1.06 bits per heavy atom. The zero-order chi connectivity index (χ0) is 24.4. The minimum Gasteiger partial charge on any atom is -0.354 e. The van der Waals surface area contributed by atoms with Gasteiger partial charge in [0, 0.05) is 29.4 Å². The first-order chi connectivity index (χ1) is 15.7. The monoisotopic (exact) mass is 472 g/mol. The maximum absolute atomic E-state index is 12.8. The van der Waals surface area contributed by atoms with Gasteiger partial charge in [0.1, 0.15) is 6.04 Å². The topological polar surface area (TPSA) is 130 Å². The van der Waals surface area contributed by atoms with Crippen molar-refractivity contribution in [3.05, 3.63) is 69.8 Å². The van der Waals surface area contributed by atoms with Crippen LogP contribution in [0.4, 0.5) is 11.4 Å². The van der Waals surface area contributed by atoms with Crippen LogP contribution in [0.1, 0.15) is 36.2 Å². The lowest BCUT2D eigenvalue weighted by atomic mass is 10.1. The highest BCUT2D eigenvalue weighted by Gasteiger charge is 2.22. The van der Waals surface area contributed by atoms with Crippen molar-refractivity contribution in [2.45, 2.75) is 38.8 Å². The number of hydrogen-bond acceptors (Lipinski definition) is 6. The minimum absolute atomic E-state index is 0.0616. The van der Waals surface area contributed by atoms with Gasteiger partial charge in [-0.05, 0) is 56.0 Å². The predicted molar refractivity (Wildman–Crippen MR) is 129 cm³/mol. The molecular formula is C23H28N4O5S. The fraction of sp³-hybridized carbons (Fsp3) is 0.348. The van der Waals surface area contributed by atoms with Crippen molar-refractivity contribution in [1.82, 2.24) is 10.6 Å². The highest BCUT2D eigenvalue weighted by molar-refractivity contribution is 7.98. The lowest BCUT2D eigenvalue weighted by Gasteiger charge is -2.18. The fourth-order valence-electron chi connectivity index (χ4n) is 3.00. The normalized spacial score (nSPS) is 11.5. The van der Waals surface area contributed by atoms with Crippen molar-refractivity contribution >= 4 is 40.9 Å². The van der Waals surface area contributed by atoms with Crippen LogP contribution in [0.3, 0.4) is 0 Å². The molecule has 1 atom stereocenters. The average Bonchev–Trinajstić information content (AvgIpc) is 2.77. The fourth-order valence-corrected chi connectivity index (χ4v) is 3.47. The molecule has 9 nitrogen and oxygen atoms in total. The molecule has 0 radical (unpaired) electrons. The molecule has 3 N–H and O–H groups in total. The summed E-state index contributed by atoms with van der Waals surface area (Å²) in [6.45, 7) is 3.78. The van der Waals surface area contributed by atoms with Crippen LogP contribution in [0, 0.1) is 10.1 Å². The molecular weight excluding hydrogens is 444 g/mol. The molecule has 33 heavy (non-hydrogen) atoms. The van der Waals surface area contributed by atoms with Crippen LogP contribution in [0.15, 0.2) is 48.5 Å². The van der Waals surface area contributed by atoms with Gasteiger partial charge in [0.2, 0.25) is 11.8 Å². The number of nitrogens with zero attached hydrogens (tertiary/aromatic N) is 1. The molecule has 0 aliphatic rings. The Labute approximate surface area is 196 Å². The van der Waals surface area contributed by atoms with Gasteiger partial charge in [0.15, 0.2) is 0 Å². The lowest BCUT2D eigenvalue weighted by molar-refractivity contribution is -0.384. The third-order valence-electron chi connectivity index (χ3n) is 4.59. The van der Waals surface area contributed by atoms with Gasteiger partial charge in [-0.15, -0.1) is 0 Å². The molecule has 2 aromatic rings. The Hall–Kier alpha value is -3.40. The van der Waals surface area contributed by atoms with E-state index >= 15 is 0 Å². The number of nitro benzene ring substituents is 1. The summed E-state index contributed by atoms with van der Waals surface area (Å²) in [5.41, 5.74) is 1.25. The predicted octanol–water partition coefficient (Wildman–Crippen LogP) is 3.15. The van der Waals surface area contributed by atoms with Gasteiger partial charge in [-0.2, -0.15) is 11.8 Å². The number of anilines is 1. The highest BCUT2D eigenvalue weighted by Crippen LogP contribution is 2.15. The molecule has 0 fully saturated rings. The summed E-state index contributed by atoms with van der Waals surface area (Å²) in [4.78, 5) is 47.7. The van der Waals surface area contributed by atoms with Gasteiger partial charge in [-0.1, -0.05) is 18.2 Å². The summed E-state index contributed by atoms with van der Waals surface area (Å²) >= 11 is 1.54. The summed E-state index contributed by atoms with van der Waals surface area (Å²) in [5, 5.41) is 19.2. The molecule has 0 heterocycles. The van der Waals surface area contributed by atoms with Gasteiger partial charge in [0.25, 0.3) is 11.6 Å². The Morgan fingerprint density at radius 3 is 2.36 bits per heavy atom. The van der Waals surface area contributed by atoms with E-state index in [1.165, 1.54) is 36.0 Å². The standard InChI is InChI=1S/C23H28N4O5S/c1-15(2)24-21(28)13-16-7-9-18(10-8-16)25-23(30)20(11-12-33-3)26-22(29)17-5-4-6-19(14-17)27(31)32/h4-10,14-15,20H,11-13H2,1-3H3,(H,24,28)(H,25,30)(H,26,29). The molecule has 0 saturated carbocycles. The van der Waals surface area contributed by atoms with Gasteiger partial charge >= 0.3 is 0 Å². The van der Waals surface area contributed by atoms with E-state index < -0.39 is 22.8 Å². The summed E-state index contributed by atoms with van der Waals surface area (Å²) in [5.74, 6) is -0.403. The molecule has 0 aliphatic carbocycles. The van der Waals surface area contributed by atoms with Crippen molar-refractivity contribution in [3.63, 3.8) is 0 Å². The zero-order valence-corrected chi connectivity index (χ0v) is 19.6. The lowest BCUT2D eigenvalue weighted by Crippen LogP contribution is -2.44. The molecule has 0 spiro atoms. The van der Waals surface area contributed by atoms with Gasteiger partial charge in [-0.25, -0.2) is 0 Å². The second-order valence-corrected chi connectivity index (χ2v) is 8.69. The van der Waals surface area contributed by atoms with Crippen molar-refractivity contribution in [2.75, 3.05) is 17.3 Å². The number of amides is 3. The zero-order valence-electron chi connectivity index (χ0n) is 18.8. The van der Waals surface area contributed by atoms with Crippen molar-refractivity contribution in [3.8, 4) is 0 Å². The molecule has 0 saturated heterocycles. The number of benzene rings is 2. The van der Waals surface area contributed by atoms with Crippen LogP contribution >= 0.6 is 11.8 Å². The largest absolute Gasteiger partial charge is 0.354 e. The van der Waals surface area contributed by atoms with Gasteiger partial charge in [0.05, 0.1) is 11.3 Å². The number of carbonyl (C=O) groups is 3. The molecule has 10 heteroatoms. The van der Waals surface area contributed by atoms with Crippen LogP contribution in [-0.4, -0.2) is 46.7 Å². The van der Waals surface area contributed by atoms with E-state index in [-0.39, 0.29) is 29.6 Å². The van der Waals surface area contributed by atoms with E-state index in [1.807, 2.05) is 20.1 Å². The molecule has 0 bridgehead atoms. The Kier molecular flexibility index (Phi) is 9.86. The van der Waals surface area contributed by atoms with Crippen molar-refractivity contribution < 1.29 is 19.3 Å². The third kappa shape index (κ3) is 8.57. The van der Waals surface area contributed by atoms with E-state index in [0.29, 0.717) is 17.9 Å². The smallest absolute Gasteiger partial charge is 0.270 e. The number of carbonyl (C=O) groups excluding carboxylic acids is 3. The van der Waals surface area contributed by atoms with Crippen molar-refractivity contribution in [1.29, 1.82) is 0 Å². The molecule has 1 unspecified atom stereocenters. The van der Waals surface area contributed by atoms with Gasteiger partial charge < -0.3 is 16.0 Å². The summed E-state index contributed by atoms with van der Waals surface area (Å²) in [7, 11) is 0. The maximum atomic E-state index is 12.8. The Balaban J connectivity index is 2.04. The van der Waals surface area contributed by atoms with Gasteiger partial charge in [-0.3, -0.25) is 24.5 Å². The molecule has 3 amide bonds. The van der Waals surface area contributed by atoms with Crippen LogP contribution in [0.5, 0.6) is 0 Å². The number of nitrogens with one attached hydrogen (secondary N) is 3. The van der Waals surface area contributed by atoms with E-state index in [0.717, 1.165) is 5.56 Å². The van der Waals surface area contributed by atoms with E-state index in [2.05, 4.69) is 16.0 Å². The number of rotatable bonds is 11. The van der Waals surface area contributed by atoms with Crippen molar-refractivity contribution in [2.24, 2.45) is 0 Å². The Bertz CT molecular complexity index is 995. The number of thioether (sulfide) groups is 1. The van der Waals surface area contributed by atoms with E-state index in [9.17, 15) is 24.5 Å². The molecule has 0 aliphatic heterocycles. The number of non-ortho nitro benzene ring substituents is 1. The molecule has 176 valence electrons. The molecule has 2 aromatic carbocycles. The van der Waals surface area contributed by atoms with Crippen LogP contribution in [-0.2, 0) is 16.0 Å². The summed E-state index contributed by atoms with van der Waals surface area (Å²) in [6.07, 6.45) is 2.52. The summed E-state index contributed by atoms with van der Waals surface area (Å²) < 4.78 is 0. The second kappa shape index (κ2) is 12.6. The first-order valence-corrected chi connectivity index (χ1v) is 11.8. The second-order valence-electron chi connectivity index (χ2n) is 7.70. The van der Waals surface area contributed by atoms with Crippen LogP contribution in [0.25, 0.3) is 0 Å². The molecule has 0 aromatic heterocycles. The third-order valence-corrected chi connectivity index (χ3v) is 5.23. The number of nitro groups is 1. The van der Waals surface area contributed by atoms with Crippen LogP contribution < -0.4 is 16.0 Å². The highest BCUT2D eigenvalue weighted by atomic mass is 32.2. The van der Waals surface area contributed by atoms with Crippen LogP contribution in [0.2, 0.25) is 0 Å². The Morgan fingerprint density at radius 2 is 1.76 bits per heavy atom. The van der Waals surface area contributed by atoms with E-state index in [1.54, 1.807) is 24.3 Å². The average molecular weight is 473 g/mol. The molecule has 2 rings (SSSR count).